The monoisotopic (exact) mass is 1100 g/mol. The van der Waals surface area contributed by atoms with Gasteiger partial charge in [0.25, 0.3) is 0 Å². The molecule has 4 aromatic heterocycles. The molecule has 2 aliphatic heterocycles. The van der Waals surface area contributed by atoms with Crippen molar-refractivity contribution in [2.75, 3.05) is 24.7 Å². The Balaban J connectivity index is 0.000000221. The summed E-state index contributed by atoms with van der Waals surface area (Å²) in [5.41, 5.74) is 24.0. The lowest BCUT2D eigenvalue weighted by Crippen LogP contribution is -2.51. The molecule has 2 aliphatic rings. The summed E-state index contributed by atoms with van der Waals surface area (Å²) in [7, 11) is -8.35. The van der Waals surface area contributed by atoms with E-state index in [2.05, 4.69) is 35.3 Å². The van der Waals surface area contributed by atoms with Gasteiger partial charge in [0.2, 0.25) is 5.95 Å². The number of nitrogens with one attached hydrogen (secondary N) is 2. The van der Waals surface area contributed by atoms with E-state index in [1.54, 1.807) is 108 Å². The van der Waals surface area contributed by atoms with Crippen LogP contribution < -0.4 is 42.2 Å². The van der Waals surface area contributed by atoms with Crippen molar-refractivity contribution in [3.05, 3.63) is 103 Å². The highest BCUT2D eigenvalue weighted by Crippen LogP contribution is 2.49. The molecule has 27 nitrogen and oxygen atoms in total. The minimum Gasteiger partial charge on any atom is -0.462 e. The molecule has 2 aromatic carbocycles. The lowest BCUT2D eigenvalue weighted by Gasteiger charge is -2.28. The molecule has 0 radical (unpaired) electrons. The van der Waals surface area contributed by atoms with E-state index < -0.39 is 87.2 Å². The molecular formula is C47H65N13O14P2. The predicted molar refractivity (Wildman–Crippen MR) is 274 cm³/mol. The molecule has 8 rings (SSSR count). The Bertz CT molecular complexity index is 2840. The van der Waals surface area contributed by atoms with Crippen molar-refractivity contribution in [1.82, 2.24) is 44.4 Å². The number of nitrogens with two attached hydrogens (primary N) is 4. The van der Waals surface area contributed by atoms with Crippen molar-refractivity contribution in [3.63, 3.8) is 0 Å². The number of carbonyl (C=O) groups is 2. The number of ether oxygens (including phenoxy) is 4. The number of aromatic nitrogens is 7. The maximum Gasteiger partial charge on any atom is 0.459 e. The molecule has 0 amide bonds. The van der Waals surface area contributed by atoms with Crippen LogP contribution >= 0.6 is 15.5 Å². The molecule has 2 fully saturated rings. The first-order valence-corrected chi connectivity index (χ1v) is 27.1. The van der Waals surface area contributed by atoms with Gasteiger partial charge in [0.05, 0.1) is 48.9 Å². The van der Waals surface area contributed by atoms with Crippen LogP contribution in [-0.4, -0.2) is 129 Å². The predicted octanol–water partition coefficient (Wildman–Crippen LogP) is 3.32. The van der Waals surface area contributed by atoms with E-state index >= 15 is 0 Å². The summed E-state index contributed by atoms with van der Waals surface area (Å²) < 4.78 is 75.5. The van der Waals surface area contributed by atoms with Gasteiger partial charge >= 0.3 is 27.4 Å². The first-order chi connectivity index (χ1) is 35.8. The number of hydrogen-bond donors (Lipinski definition) is 8. The first kappa shape index (κ1) is 57.5. The van der Waals surface area contributed by atoms with Crippen molar-refractivity contribution in [2.24, 2.45) is 11.5 Å². The van der Waals surface area contributed by atoms with E-state index in [1.165, 1.54) is 47.8 Å². The fourth-order valence-corrected chi connectivity index (χ4v) is 11.1. The summed E-state index contributed by atoms with van der Waals surface area (Å²) in [6.07, 6.45) is -1.09. The lowest BCUT2D eigenvalue weighted by molar-refractivity contribution is -0.150. The molecule has 12 N–H and O–H groups in total. The van der Waals surface area contributed by atoms with Crippen molar-refractivity contribution in [1.29, 1.82) is 0 Å². The number of benzene rings is 2. The number of para-hydroxylation sites is 2. The third-order valence-corrected chi connectivity index (χ3v) is 15.3. The maximum atomic E-state index is 13.8. The second kappa shape index (κ2) is 23.6. The van der Waals surface area contributed by atoms with Gasteiger partial charge in [-0.25, -0.2) is 24.1 Å². The molecule has 12 atom stereocenters. The standard InChI is InChI=1S/C24H33N6O7P.C23H32N7O7P/c1-14(2)35-23(32)15(3)29-38(33,37-16-8-6-5-7-9-16)34-13-18-20(31)24(4,26)21(36-18)17-12-28-30-19(25)10-11-27-22(17)30;1-13(2)35-21(32)14(3)29-38(33,37-15-8-6-5-7-9-15)34-11-17-18(31)23(4,25)19(36-17)16-10-28-30-20(16)26-12-27-22(30)24/h5-12,14-15,18,20-21,31H,13,25-26H2,1-4H3,(H,29,33);5-10,12-14,17-19,31H,11,25H2,1-4H3,(H,29,33)(H2,24,26,27)/t15-,18+,20+,21-,24+,38-;14-,17+,18+,19-,23+,38+/m00/s1. The van der Waals surface area contributed by atoms with Crippen molar-refractivity contribution in [3.8, 4) is 11.5 Å². The van der Waals surface area contributed by atoms with Crippen LogP contribution in [-0.2, 0) is 46.7 Å². The van der Waals surface area contributed by atoms with Crippen molar-refractivity contribution < 1.29 is 66.0 Å². The highest BCUT2D eigenvalue weighted by molar-refractivity contribution is 7.52. The summed E-state index contributed by atoms with van der Waals surface area (Å²) in [6, 6.07) is 16.2. The van der Waals surface area contributed by atoms with Crippen LogP contribution in [0.25, 0.3) is 11.3 Å². The molecule has 0 saturated carbocycles. The van der Waals surface area contributed by atoms with E-state index in [4.69, 9.17) is 60.0 Å². The number of hydrogen-bond acceptors (Lipinski definition) is 23. The normalized spacial score (nSPS) is 25.8. The fraction of sp³-hybridized carbons (Fsp3) is 0.468. The number of aliphatic hydroxyl groups is 2. The Morgan fingerprint density at radius 2 is 1.09 bits per heavy atom. The van der Waals surface area contributed by atoms with Gasteiger partial charge in [-0.1, -0.05) is 36.4 Å². The van der Waals surface area contributed by atoms with Crippen LogP contribution in [0, 0.1) is 0 Å². The van der Waals surface area contributed by atoms with E-state index in [-0.39, 0.29) is 42.9 Å². The second-order valence-corrected chi connectivity index (χ2v) is 22.5. The van der Waals surface area contributed by atoms with Gasteiger partial charge in [0, 0.05) is 17.3 Å². The Hall–Kier alpha value is -6.19. The van der Waals surface area contributed by atoms with Gasteiger partial charge in [0.15, 0.2) is 11.3 Å². The van der Waals surface area contributed by atoms with Crippen LogP contribution in [0.5, 0.6) is 11.5 Å². The summed E-state index contributed by atoms with van der Waals surface area (Å²) in [5.74, 6) is -0.293. The van der Waals surface area contributed by atoms with E-state index in [1.807, 2.05) is 0 Å². The lowest BCUT2D eigenvalue weighted by atomic mass is 9.87. The smallest absolute Gasteiger partial charge is 0.459 e. The highest BCUT2D eigenvalue weighted by Gasteiger charge is 2.54. The summed E-state index contributed by atoms with van der Waals surface area (Å²) in [6.45, 7) is 12.2. The van der Waals surface area contributed by atoms with Gasteiger partial charge in [-0.15, -0.1) is 0 Å². The average Bonchev–Trinajstić information content (AvgIpc) is 4.11. The van der Waals surface area contributed by atoms with Crippen LogP contribution in [0.3, 0.4) is 0 Å². The molecule has 6 aromatic rings. The zero-order chi connectivity index (χ0) is 55.3. The van der Waals surface area contributed by atoms with Crippen LogP contribution in [0.15, 0.2) is 91.6 Å². The zero-order valence-electron chi connectivity index (χ0n) is 43.0. The maximum absolute atomic E-state index is 13.8. The van der Waals surface area contributed by atoms with Gasteiger partial charge < -0.3 is 61.1 Å². The fourth-order valence-electron chi connectivity index (χ4n) is 8.14. The largest absolute Gasteiger partial charge is 0.462 e. The number of nitrogen functional groups attached to an aromatic ring is 2. The molecular weight excluding hydrogens is 1030 g/mol. The topological polar surface area (TPSA) is 384 Å². The Labute approximate surface area is 437 Å². The summed E-state index contributed by atoms with van der Waals surface area (Å²) in [5, 5.41) is 35.7. The Morgan fingerprint density at radius 3 is 1.53 bits per heavy atom. The van der Waals surface area contributed by atoms with Gasteiger partial charge in [0.1, 0.15) is 72.4 Å². The minimum absolute atomic E-state index is 0.119. The summed E-state index contributed by atoms with van der Waals surface area (Å²) in [4.78, 5) is 37.1. The molecule has 29 heteroatoms. The average molecular weight is 1100 g/mol. The van der Waals surface area contributed by atoms with Gasteiger partial charge in [-0.2, -0.15) is 29.4 Å². The number of fused-ring (bicyclic) bond motifs is 2. The first-order valence-electron chi connectivity index (χ1n) is 24.0. The summed E-state index contributed by atoms with van der Waals surface area (Å²) >= 11 is 0. The van der Waals surface area contributed by atoms with Gasteiger partial charge in [-0.05, 0) is 85.7 Å². The third-order valence-electron chi connectivity index (χ3n) is 12.0. The molecule has 76 heavy (non-hydrogen) atoms. The van der Waals surface area contributed by atoms with Crippen LogP contribution in [0.4, 0.5) is 11.8 Å². The number of rotatable bonds is 20. The number of aliphatic hydroxyl groups excluding tert-OH is 2. The van der Waals surface area contributed by atoms with Crippen LogP contribution in [0.2, 0.25) is 0 Å². The molecule has 412 valence electrons. The Morgan fingerprint density at radius 1 is 0.671 bits per heavy atom. The van der Waals surface area contributed by atoms with E-state index in [9.17, 15) is 28.9 Å². The number of esters is 2. The molecule has 0 aliphatic carbocycles. The molecule has 6 heterocycles. The van der Waals surface area contributed by atoms with E-state index in [0.29, 0.717) is 28.2 Å². The number of carbonyl (C=O) groups excluding carboxylic acids is 2. The highest BCUT2D eigenvalue weighted by atomic mass is 31.2. The van der Waals surface area contributed by atoms with Crippen molar-refractivity contribution >= 4 is 50.5 Å². The molecule has 0 bridgehead atoms. The van der Waals surface area contributed by atoms with Gasteiger partial charge in [-0.3, -0.25) is 18.6 Å². The number of nitrogens with zero attached hydrogens (tertiary/aromatic N) is 7. The second-order valence-electron chi connectivity index (χ2n) is 19.1. The third kappa shape index (κ3) is 13.1. The minimum atomic E-state index is -4.18. The Kier molecular flexibility index (Phi) is 17.9. The van der Waals surface area contributed by atoms with Crippen LogP contribution in [0.1, 0.15) is 78.7 Å². The SMILES string of the molecule is CC(C)OC(=O)[C@H](C)N[P@@](=O)(OC[C@H]1O[C@@H](c2cnn3c(N)ncnc23)[C@](C)(N)[C@@H]1O)Oc1ccccc1.CC(C)OC(=O)[C@H](C)N[P@](=O)(OC[C@H]1O[C@@H](c2cnn3c(N)ccnc23)[C@](C)(N)[C@@H]1O)Oc1ccccc1. The molecule has 0 spiro atoms. The zero-order valence-corrected chi connectivity index (χ0v) is 44.8. The van der Waals surface area contributed by atoms with E-state index in [0.717, 1.165) is 0 Å². The van der Waals surface area contributed by atoms with Crippen molar-refractivity contribution in [2.45, 2.75) is 127 Å². The molecule has 0 unspecified atom stereocenters. The molecule has 2 saturated heterocycles. The number of anilines is 2. The quantitative estimate of drug-likeness (QED) is 0.0401.